The van der Waals surface area contributed by atoms with Crippen LogP contribution >= 0.6 is 0 Å². The fraction of sp³-hybridized carbons (Fsp3) is 0.562. The van der Waals surface area contributed by atoms with Gasteiger partial charge in [0.1, 0.15) is 5.82 Å². The molecule has 2 fully saturated rings. The molecular weight excluding hydrogens is 319 g/mol. The highest BCUT2D eigenvalue weighted by atomic mass is 32.2. The number of carbonyl (C=O) groups excluding carboxylic acids is 1. The molecule has 5 nitrogen and oxygen atoms in total. The molecule has 0 aliphatic carbocycles. The van der Waals surface area contributed by atoms with Crippen LogP contribution in [0.25, 0.3) is 0 Å². The molecule has 3 rings (SSSR count). The van der Waals surface area contributed by atoms with Gasteiger partial charge in [-0.15, -0.1) is 0 Å². The average molecular weight is 340 g/mol. The zero-order valence-corrected chi connectivity index (χ0v) is 14.0. The van der Waals surface area contributed by atoms with Crippen molar-refractivity contribution in [3.8, 4) is 0 Å². The van der Waals surface area contributed by atoms with E-state index >= 15 is 0 Å². The molecule has 2 heterocycles. The lowest BCUT2D eigenvalue weighted by Crippen LogP contribution is -2.47. The first-order valence-electron chi connectivity index (χ1n) is 7.95. The van der Waals surface area contributed by atoms with Gasteiger partial charge in [0.25, 0.3) is 0 Å². The van der Waals surface area contributed by atoms with Crippen LogP contribution in [0.4, 0.5) is 4.39 Å². The largest absolute Gasteiger partial charge is 0.340 e. The van der Waals surface area contributed by atoms with Gasteiger partial charge in [-0.2, -0.15) is 4.31 Å². The van der Waals surface area contributed by atoms with Crippen molar-refractivity contribution in [3.05, 3.63) is 29.6 Å². The molecule has 2 saturated heterocycles. The maximum atomic E-state index is 13.5. The molecule has 1 aromatic carbocycles. The summed E-state index contributed by atoms with van der Waals surface area (Å²) < 4.78 is 40.2. The molecule has 0 bridgehead atoms. The quantitative estimate of drug-likeness (QED) is 0.844. The van der Waals surface area contributed by atoms with E-state index in [4.69, 9.17) is 0 Å². The first-order valence-corrected chi connectivity index (χ1v) is 9.39. The Balaban J connectivity index is 1.72. The minimum Gasteiger partial charge on any atom is -0.340 e. The number of aryl methyl sites for hydroxylation is 1. The van der Waals surface area contributed by atoms with Crippen LogP contribution in [-0.4, -0.2) is 49.2 Å². The van der Waals surface area contributed by atoms with Crippen molar-refractivity contribution in [1.82, 2.24) is 9.21 Å². The fourth-order valence-electron chi connectivity index (χ4n) is 3.45. The third-order valence-electron chi connectivity index (χ3n) is 4.63. The Morgan fingerprint density at radius 2 is 1.83 bits per heavy atom. The summed E-state index contributed by atoms with van der Waals surface area (Å²) >= 11 is 0. The van der Waals surface area contributed by atoms with Gasteiger partial charge in [0, 0.05) is 32.1 Å². The molecule has 0 spiro atoms. The Hall–Kier alpha value is -1.47. The smallest absolute Gasteiger partial charge is 0.243 e. The van der Waals surface area contributed by atoms with Gasteiger partial charge in [0.2, 0.25) is 15.9 Å². The normalized spacial score (nSPS) is 21.1. The SMILES string of the molecule is Cc1cc(F)cc(S(=O)(=O)N2CCC(N3CCCC3=O)CC2)c1. The summed E-state index contributed by atoms with van der Waals surface area (Å²) in [5.74, 6) is -0.367. The van der Waals surface area contributed by atoms with E-state index in [1.165, 1.54) is 16.4 Å². The summed E-state index contributed by atoms with van der Waals surface area (Å²) in [7, 11) is -3.68. The third kappa shape index (κ3) is 3.26. The zero-order chi connectivity index (χ0) is 16.6. The molecule has 7 heteroatoms. The van der Waals surface area contributed by atoms with Crippen molar-refractivity contribution < 1.29 is 17.6 Å². The number of likely N-dealkylation sites (tertiary alicyclic amines) is 1. The average Bonchev–Trinajstić information content (AvgIpc) is 2.92. The monoisotopic (exact) mass is 340 g/mol. The molecule has 1 aromatic rings. The number of piperidine rings is 1. The zero-order valence-electron chi connectivity index (χ0n) is 13.2. The molecule has 0 atom stereocenters. The number of rotatable bonds is 3. The van der Waals surface area contributed by atoms with E-state index in [1.54, 1.807) is 6.92 Å². The maximum absolute atomic E-state index is 13.5. The topological polar surface area (TPSA) is 57.7 Å². The Labute approximate surface area is 136 Å². The third-order valence-corrected chi connectivity index (χ3v) is 6.50. The molecular formula is C16H21FN2O3S. The van der Waals surface area contributed by atoms with Gasteiger partial charge >= 0.3 is 0 Å². The predicted molar refractivity (Wildman–Crippen MR) is 83.9 cm³/mol. The molecule has 0 unspecified atom stereocenters. The van der Waals surface area contributed by atoms with Gasteiger partial charge in [-0.3, -0.25) is 4.79 Å². The van der Waals surface area contributed by atoms with Crippen LogP contribution in [0.1, 0.15) is 31.2 Å². The molecule has 0 N–H and O–H groups in total. The second-order valence-electron chi connectivity index (χ2n) is 6.29. The van der Waals surface area contributed by atoms with E-state index in [9.17, 15) is 17.6 Å². The van der Waals surface area contributed by atoms with E-state index in [1.807, 2.05) is 4.90 Å². The first-order chi connectivity index (χ1) is 10.9. The number of nitrogens with zero attached hydrogens (tertiary/aromatic N) is 2. The number of benzene rings is 1. The Kier molecular flexibility index (Phi) is 4.42. The molecule has 0 aromatic heterocycles. The van der Waals surface area contributed by atoms with Crippen LogP contribution in [0.5, 0.6) is 0 Å². The van der Waals surface area contributed by atoms with Crippen molar-refractivity contribution >= 4 is 15.9 Å². The Morgan fingerprint density at radius 3 is 2.39 bits per heavy atom. The summed E-state index contributed by atoms with van der Waals surface area (Å²) in [5, 5.41) is 0. The van der Waals surface area contributed by atoms with E-state index in [0.717, 1.165) is 19.0 Å². The summed E-state index contributed by atoms with van der Waals surface area (Å²) in [6.07, 6.45) is 2.76. The Morgan fingerprint density at radius 1 is 1.13 bits per heavy atom. The number of sulfonamides is 1. The van der Waals surface area contributed by atoms with Gasteiger partial charge in [0.05, 0.1) is 4.90 Å². The molecule has 23 heavy (non-hydrogen) atoms. The highest BCUT2D eigenvalue weighted by Gasteiger charge is 2.34. The second-order valence-corrected chi connectivity index (χ2v) is 8.23. The molecule has 2 aliphatic heterocycles. The van der Waals surface area contributed by atoms with E-state index in [2.05, 4.69) is 0 Å². The number of halogens is 1. The lowest BCUT2D eigenvalue weighted by Gasteiger charge is -2.36. The summed E-state index contributed by atoms with van der Waals surface area (Å²) in [6, 6.07) is 4.00. The van der Waals surface area contributed by atoms with Crippen LogP contribution in [0.2, 0.25) is 0 Å². The van der Waals surface area contributed by atoms with Crippen LogP contribution in [0.3, 0.4) is 0 Å². The standard InChI is InChI=1S/C16H21FN2O3S/c1-12-9-13(17)11-15(10-12)23(21,22)18-7-4-14(5-8-18)19-6-2-3-16(19)20/h9-11,14H,2-8H2,1H3. The number of amides is 1. The molecule has 1 amide bonds. The van der Waals surface area contributed by atoms with Crippen molar-refractivity contribution in [2.75, 3.05) is 19.6 Å². The minimum atomic E-state index is -3.68. The van der Waals surface area contributed by atoms with Gasteiger partial charge in [-0.1, -0.05) is 0 Å². The minimum absolute atomic E-state index is 0.00528. The fourth-order valence-corrected chi connectivity index (χ4v) is 5.04. The lowest BCUT2D eigenvalue weighted by molar-refractivity contribution is -0.130. The summed E-state index contributed by atoms with van der Waals surface area (Å²) in [6.45, 7) is 3.19. The molecule has 2 aliphatic rings. The van der Waals surface area contributed by atoms with Crippen molar-refractivity contribution in [3.63, 3.8) is 0 Å². The van der Waals surface area contributed by atoms with Gasteiger partial charge in [-0.05, 0) is 49.9 Å². The number of carbonyl (C=O) groups is 1. The molecule has 0 radical (unpaired) electrons. The second kappa shape index (κ2) is 6.20. The maximum Gasteiger partial charge on any atom is 0.243 e. The lowest BCUT2D eigenvalue weighted by atomic mass is 10.1. The highest BCUT2D eigenvalue weighted by molar-refractivity contribution is 7.89. The predicted octanol–water partition coefficient (Wildman–Crippen LogP) is 1.91. The van der Waals surface area contributed by atoms with Gasteiger partial charge in [0.15, 0.2) is 0 Å². The number of hydrogen-bond donors (Lipinski definition) is 0. The highest BCUT2D eigenvalue weighted by Crippen LogP contribution is 2.26. The number of hydrogen-bond acceptors (Lipinski definition) is 3. The first kappa shape index (κ1) is 16.4. The molecule has 126 valence electrons. The van der Waals surface area contributed by atoms with Crippen molar-refractivity contribution in [1.29, 1.82) is 0 Å². The van der Waals surface area contributed by atoms with Gasteiger partial charge < -0.3 is 4.90 Å². The van der Waals surface area contributed by atoms with Crippen LogP contribution in [0.15, 0.2) is 23.1 Å². The van der Waals surface area contributed by atoms with Crippen LogP contribution in [0, 0.1) is 12.7 Å². The summed E-state index contributed by atoms with van der Waals surface area (Å²) in [5.41, 5.74) is 0.584. The van der Waals surface area contributed by atoms with E-state index < -0.39 is 15.8 Å². The van der Waals surface area contributed by atoms with Gasteiger partial charge in [-0.25, -0.2) is 12.8 Å². The summed E-state index contributed by atoms with van der Waals surface area (Å²) in [4.78, 5) is 13.7. The van der Waals surface area contributed by atoms with Crippen molar-refractivity contribution in [2.24, 2.45) is 0 Å². The Bertz CT molecular complexity index is 692. The van der Waals surface area contributed by atoms with Crippen LogP contribution in [-0.2, 0) is 14.8 Å². The molecule has 0 saturated carbocycles. The van der Waals surface area contributed by atoms with E-state index in [0.29, 0.717) is 37.9 Å². The van der Waals surface area contributed by atoms with Crippen LogP contribution < -0.4 is 0 Å². The van der Waals surface area contributed by atoms with Crippen molar-refractivity contribution in [2.45, 2.75) is 43.5 Å². The van der Waals surface area contributed by atoms with E-state index in [-0.39, 0.29) is 16.8 Å².